The molecule has 2 N–H and O–H groups in total. The van der Waals surface area contributed by atoms with Crippen LogP contribution in [0, 0.1) is 5.41 Å². The van der Waals surface area contributed by atoms with Crippen LogP contribution >= 0.6 is 0 Å². The monoisotopic (exact) mass is 170 g/mol. The molecule has 4 nitrogen and oxygen atoms in total. The van der Waals surface area contributed by atoms with E-state index in [2.05, 4.69) is 0 Å². The SMILES string of the molecule is CCC1(CC)CC(=O)N(N)C1=O. The van der Waals surface area contributed by atoms with E-state index >= 15 is 0 Å². The van der Waals surface area contributed by atoms with Gasteiger partial charge in [0.25, 0.3) is 0 Å². The number of imide groups is 1. The molecule has 1 aliphatic heterocycles. The van der Waals surface area contributed by atoms with E-state index < -0.39 is 5.41 Å². The van der Waals surface area contributed by atoms with E-state index in [0.29, 0.717) is 12.8 Å². The number of hydrogen-bond donors (Lipinski definition) is 1. The van der Waals surface area contributed by atoms with E-state index in [4.69, 9.17) is 5.84 Å². The van der Waals surface area contributed by atoms with Gasteiger partial charge >= 0.3 is 0 Å². The van der Waals surface area contributed by atoms with Crippen molar-refractivity contribution < 1.29 is 9.59 Å². The van der Waals surface area contributed by atoms with E-state index in [-0.39, 0.29) is 18.2 Å². The maximum absolute atomic E-state index is 11.5. The van der Waals surface area contributed by atoms with Crippen LogP contribution < -0.4 is 5.84 Å². The van der Waals surface area contributed by atoms with Gasteiger partial charge in [-0.1, -0.05) is 13.8 Å². The van der Waals surface area contributed by atoms with Crippen molar-refractivity contribution in [2.24, 2.45) is 11.3 Å². The Labute approximate surface area is 71.7 Å². The van der Waals surface area contributed by atoms with Crippen molar-refractivity contribution in [3.63, 3.8) is 0 Å². The molecule has 1 aliphatic rings. The highest BCUT2D eigenvalue weighted by atomic mass is 16.2. The van der Waals surface area contributed by atoms with Gasteiger partial charge in [0, 0.05) is 6.42 Å². The van der Waals surface area contributed by atoms with Crippen molar-refractivity contribution >= 4 is 11.8 Å². The van der Waals surface area contributed by atoms with Gasteiger partial charge in [0.2, 0.25) is 11.8 Å². The number of hydrogen-bond acceptors (Lipinski definition) is 3. The standard InChI is InChI=1S/C8H14N2O2/c1-3-8(4-2)5-6(11)10(9)7(8)12/h3-5,9H2,1-2H3. The fourth-order valence-corrected chi connectivity index (χ4v) is 1.62. The number of carbonyl (C=O) groups is 2. The lowest BCUT2D eigenvalue weighted by molar-refractivity contribution is -0.141. The van der Waals surface area contributed by atoms with Crippen molar-refractivity contribution in [1.82, 2.24) is 5.01 Å². The summed E-state index contributed by atoms with van der Waals surface area (Å²) in [5.41, 5.74) is -0.508. The highest BCUT2D eigenvalue weighted by molar-refractivity contribution is 6.05. The number of carbonyl (C=O) groups excluding carboxylic acids is 2. The van der Waals surface area contributed by atoms with E-state index in [1.54, 1.807) is 0 Å². The van der Waals surface area contributed by atoms with Gasteiger partial charge in [0.1, 0.15) is 0 Å². The fourth-order valence-electron chi connectivity index (χ4n) is 1.62. The molecular weight excluding hydrogens is 156 g/mol. The van der Waals surface area contributed by atoms with Crippen molar-refractivity contribution in [2.45, 2.75) is 33.1 Å². The number of hydrazine groups is 1. The lowest BCUT2D eigenvalue weighted by atomic mass is 9.81. The summed E-state index contributed by atoms with van der Waals surface area (Å²) >= 11 is 0. The molecule has 1 fully saturated rings. The van der Waals surface area contributed by atoms with Crippen LogP contribution in [0.2, 0.25) is 0 Å². The molecule has 0 spiro atoms. The van der Waals surface area contributed by atoms with Gasteiger partial charge in [-0.05, 0) is 12.8 Å². The average molecular weight is 170 g/mol. The van der Waals surface area contributed by atoms with Crippen molar-refractivity contribution in [1.29, 1.82) is 0 Å². The van der Waals surface area contributed by atoms with Crippen LogP contribution in [0.4, 0.5) is 0 Å². The van der Waals surface area contributed by atoms with Gasteiger partial charge in [0.15, 0.2) is 0 Å². The Bertz CT molecular complexity index is 221. The predicted molar refractivity (Wildman–Crippen MR) is 43.7 cm³/mol. The van der Waals surface area contributed by atoms with Gasteiger partial charge in [-0.3, -0.25) is 9.59 Å². The lowest BCUT2D eigenvalue weighted by Crippen LogP contribution is -2.40. The zero-order valence-electron chi connectivity index (χ0n) is 7.46. The number of nitrogens with two attached hydrogens (primary N) is 1. The molecule has 12 heavy (non-hydrogen) atoms. The molecule has 1 rings (SSSR count). The van der Waals surface area contributed by atoms with Gasteiger partial charge in [-0.2, -0.15) is 0 Å². The average Bonchev–Trinajstić information content (AvgIpc) is 2.30. The Balaban J connectivity index is 2.95. The van der Waals surface area contributed by atoms with E-state index in [9.17, 15) is 9.59 Å². The summed E-state index contributed by atoms with van der Waals surface area (Å²) < 4.78 is 0. The number of rotatable bonds is 2. The Morgan fingerprint density at radius 1 is 1.42 bits per heavy atom. The second-order valence-electron chi connectivity index (χ2n) is 3.23. The topological polar surface area (TPSA) is 63.4 Å². The third kappa shape index (κ3) is 1.03. The molecule has 0 unspecified atom stereocenters. The van der Waals surface area contributed by atoms with Crippen molar-refractivity contribution in [3.8, 4) is 0 Å². The summed E-state index contributed by atoms with van der Waals surface area (Å²) in [6.07, 6.45) is 1.64. The minimum atomic E-state index is -0.508. The lowest BCUT2D eigenvalue weighted by Gasteiger charge is -2.21. The first-order valence-electron chi connectivity index (χ1n) is 4.19. The molecule has 1 heterocycles. The highest BCUT2D eigenvalue weighted by Gasteiger charge is 2.47. The molecule has 2 amide bonds. The first-order valence-corrected chi connectivity index (χ1v) is 4.19. The van der Waals surface area contributed by atoms with Crippen LogP contribution in [-0.2, 0) is 9.59 Å². The molecule has 0 aromatic heterocycles. The summed E-state index contributed by atoms with van der Waals surface area (Å²) in [6, 6.07) is 0. The van der Waals surface area contributed by atoms with Gasteiger partial charge < -0.3 is 0 Å². The third-order valence-electron chi connectivity index (χ3n) is 2.78. The summed E-state index contributed by atoms with van der Waals surface area (Å²) in [5, 5.41) is 0.757. The first-order chi connectivity index (χ1) is 5.57. The molecule has 0 saturated carbocycles. The number of nitrogens with zero attached hydrogens (tertiary/aromatic N) is 1. The highest BCUT2D eigenvalue weighted by Crippen LogP contribution is 2.37. The molecule has 0 aliphatic carbocycles. The summed E-state index contributed by atoms with van der Waals surface area (Å²) in [6.45, 7) is 3.82. The van der Waals surface area contributed by atoms with Crippen LogP contribution in [0.5, 0.6) is 0 Å². The molecule has 4 heteroatoms. The van der Waals surface area contributed by atoms with E-state index in [1.165, 1.54) is 0 Å². The zero-order chi connectivity index (χ0) is 9.35. The largest absolute Gasteiger partial charge is 0.273 e. The maximum atomic E-state index is 11.5. The Hall–Kier alpha value is -0.900. The van der Waals surface area contributed by atoms with Gasteiger partial charge in [0.05, 0.1) is 5.41 Å². The van der Waals surface area contributed by atoms with Crippen LogP contribution in [0.15, 0.2) is 0 Å². The second-order valence-corrected chi connectivity index (χ2v) is 3.23. The van der Waals surface area contributed by atoms with Crippen LogP contribution in [0.3, 0.4) is 0 Å². The Kier molecular flexibility index (Phi) is 2.19. The quantitative estimate of drug-likeness (QED) is 0.371. The first kappa shape index (κ1) is 9.19. The Morgan fingerprint density at radius 2 is 1.92 bits per heavy atom. The molecule has 68 valence electrons. The second kappa shape index (κ2) is 2.86. The zero-order valence-corrected chi connectivity index (χ0v) is 7.46. The third-order valence-corrected chi connectivity index (χ3v) is 2.78. The van der Waals surface area contributed by atoms with Gasteiger partial charge in [-0.15, -0.1) is 0 Å². The van der Waals surface area contributed by atoms with Crippen molar-refractivity contribution in [2.75, 3.05) is 0 Å². The maximum Gasteiger partial charge on any atom is 0.250 e. The van der Waals surface area contributed by atoms with Crippen LogP contribution in [0.1, 0.15) is 33.1 Å². The molecule has 0 aromatic rings. The number of amides is 2. The van der Waals surface area contributed by atoms with Crippen LogP contribution in [-0.4, -0.2) is 16.8 Å². The summed E-state index contributed by atoms with van der Waals surface area (Å²) in [5.74, 6) is 4.80. The predicted octanol–water partition coefficient (Wildman–Crippen LogP) is 0.425. The summed E-state index contributed by atoms with van der Waals surface area (Å²) in [7, 11) is 0. The fraction of sp³-hybridized carbons (Fsp3) is 0.750. The van der Waals surface area contributed by atoms with E-state index in [1.807, 2.05) is 13.8 Å². The molecule has 1 saturated heterocycles. The van der Waals surface area contributed by atoms with E-state index in [0.717, 1.165) is 5.01 Å². The molecule has 0 aromatic carbocycles. The molecule has 0 bridgehead atoms. The molecule has 0 radical (unpaired) electrons. The smallest absolute Gasteiger partial charge is 0.250 e. The van der Waals surface area contributed by atoms with Gasteiger partial charge in [-0.25, -0.2) is 10.9 Å². The summed E-state index contributed by atoms with van der Waals surface area (Å²) in [4.78, 5) is 22.6. The minimum absolute atomic E-state index is 0.225. The Morgan fingerprint density at radius 3 is 2.08 bits per heavy atom. The minimum Gasteiger partial charge on any atom is -0.273 e. The van der Waals surface area contributed by atoms with Crippen LogP contribution in [0.25, 0.3) is 0 Å². The normalized spacial score (nSPS) is 22.1. The van der Waals surface area contributed by atoms with Crippen molar-refractivity contribution in [3.05, 3.63) is 0 Å². The molecular formula is C8H14N2O2. The molecule has 0 atom stereocenters.